The van der Waals surface area contributed by atoms with Crippen molar-refractivity contribution in [1.82, 2.24) is 0 Å². The molecule has 3 rings (SSSR count). The van der Waals surface area contributed by atoms with Crippen LogP contribution in [0.1, 0.15) is 24.0 Å². The zero-order valence-electron chi connectivity index (χ0n) is 14.9. The van der Waals surface area contributed by atoms with E-state index >= 15 is 0 Å². The summed E-state index contributed by atoms with van der Waals surface area (Å²) in [6.07, 6.45) is 5.14. The third kappa shape index (κ3) is 4.72. The second-order valence-corrected chi connectivity index (χ2v) is 6.41. The number of hydrogen-bond donors (Lipinski definition) is 2. The predicted molar refractivity (Wildman–Crippen MR) is 103 cm³/mol. The van der Waals surface area contributed by atoms with Gasteiger partial charge in [0.2, 0.25) is 11.8 Å². The summed E-state index contributed by atoms with van der Waals surface area (Å²) in [5.74, 6) is 0.716. The van der Waals surface area contributed by atoms with Gasteiger partial charge in [0, 0.05) is 28.9 Å². The summed E-state index contributed by atoms with van der Waals surface area (Å²) >= 11 is 0. The minimum absolute atomic E-state index is 0.0665. The van der Waals surface area contributed by atoms with E-state index in [1.807, 2.05) is 25.1 Å². The lowest BCUT2D eigenvalue weighted by atomic mass is 10.1. The highest BCUT2D eigenvalue weighted by Crippen LogP contribution is 2.30. The molecule has 1 aliphatic carbocycles. The van der Waals surface area contributed by atoms with Crippen molar-refractivity contribution >= 4 is 29.3 Å². The van der Waals surface area contributed by atoms with Crippen LogP contribution < -0.4 is 15.4 Å². The van der Waals surface area contributed by atoms with E-state index < -0.39 is 0 Å². The van der Waals surface area contributed by atoms with E-state index in [-0.39, 0.29) is 17.7 Å². The standard InChI is InChI=1S/C21H22N2O3/c1-14-3-11-19(26-2)16(13-14)6-12-20(24)22-17-7-9-18(10-8-17)23-21(25)15-4-5-15/h3,6-13,15H,4-5H2,1-2H3,(H,22,24)(H,23,25)/b12-6+. The van der Waals surface area contributed by atoms with Gasteiger partial charge in [0.15, 0.2) is 0 Å². The molecule has 0 spiro atoms. The van der Waals surface area contributed by atoms with Crippen LogP contribution in [-0.2, 0) is 9.59 Å². The Morgan fingerprint density at radius 3 is 2.31 bits per heavy atom. The van der Waals surface area contributed by atoms with Crippen molar-refractivity contribution in [1.29, 1.82) is 0 Å². The summed E-state index contributed by atoms with van der Waals surface area (Å²) in [4.78, 5) is 23.9. The third-order valence-corrected chi connectivity index (χ3v) is 4.17. The number of carbonyl (C=O) groups excluding carboxylic acids is 2. The molecule has 2 amide bonds. The first kappa shape index (κ1) is 17.7. The SMILES string of the molecule is COc1ccc(C)cc1/C=C/C(=O)Nc1ccc(NC(=O)C2CC2)cc1. The number of hydrogen-bond acceptors (Lipinski definition) is 3. The van der Waals surface area contributed by atoms with Gasteiger partial charge in [-0.1, -0.05) is 11.6 Å². The largest absolute Gasteiger partial charge is 0.496 e. The topological polar surface area (TPSA) is 67.4 Å². The molecular weight excluding hydrogens is 328 g/mol. The number of methoxy groups -OCH3 is 1. The molecule has 134 valence electrons. The summed E-state index contributed by atoms with van der Waals surface area (Å²) in [6, 6.07) is 12.9. The number of nitrogens with one attached hydrogen (secondary N) is 2. The molecule has 26 heavy (non-hydrogen) atoms. The highest BCUT2D eigenvalue weighted by Gasteiger charge is 2.29. The van der Waals surface area contributed by atoms with Gasteiger partial charge < -0.3 is 15.4 Å². The Morgan fingerprint density at radius 1 is 1.04 bits per heavy atom. The second kappa shape index (κ2) is 7.87. The summed E-state index contributed by atoms with van der Waals surface area (Å²) in [5, 5.41) is 5.67. The van der Waals surface area contributed by atoms with Crippen LogP contribution in [0.2, 0.25) is 0 Å². The summed E-state index contributed by atoms with van der Waals surface area (Å²) in [6.45, 7) is 1.99. The lowest BCUT2D eigenvalue weighted by molar-refractivity contribution is -0.117. The van der Waals surface area contributed by atoms with Crippen LogP contribution in [0.4, 0.5) is 11.4 Å². The van der Waals surface area contributed by atoms with Gasteiger partial charge in [-0.3, -0.25) is 9.59 Å². The van der Waals surface area contributed by atoms with Crippen LogP contribution in [0.25, 0.3) is 6.08 Å². The highest BCUT2D eigenvalue weighted by molar-refractivity contribution is 6.02. The molecule has 0 atom stereocenters. The van der Waals surface area contributed by atoms with Crippen LogP contribution in [0.15, 0.2) is 48.5 Å². The van der Waals surface area contributed by atoms with E-state index in [1.165, 1.54) is 6.08 Å². The van der Waals surface area contributed by atoms with Crippen molar-refractivity contribution in [2.75, 3.05) is 17.7 Å². The van der Waals surface area contributed by atoms with Crippen molar-refractivity contribution in [3.8, 4) is 5.75 Å². The first-order chi connectivity index (χ1) is 12.5. The molecule has 1 saturated carbocycles. The van der Waals surface area contributed by atoms with E-state index in [1.54, 1.807) is 37.5 Å². The normalized spacial score (nSPS) is 13.5. The Kier molecular flexibility index (Phi) is 5.37. The van der Waals surface area contributed by atoms with Gasteiger partial charge in [0.25, 0.3) is 0 Å². The van der Waals surface area contributed by atoms with Crippen molar-refractivity contribution < 1.29 is 14.3 Å². The molecule has 0 aliphatic heterocycles. The lowest BCUT2D eigenvalue weighted by Gasteiger charge is -2.07. The van der Waals surface area contributed by atoms with Crippen molar-refractivity contribution in [2.24, 2.45) is 5.92 Å². The zero-order chi connectivity index (χ0) is 18.5. The maximum atomic E-state index is 12.1. The van der Waals surface area contributed by atoms with Crippen molar-refractivity contribution in [2.45, 2.75) is 19.8 Å². The minimum atomic E-state index is -0.233. The minimum Gasteiger partial charge on any atom is -0.496 e. The van der Waals surface area contributed by atoms with Crippen molar-refractivity contribution in [3.05, 3.63) is 59.7 Å². The van der Waals surface area contributed by atoms with Gasteiger partial charge in [0.1, 0.15) is 5.75 Å². The molecule has 0 unspecified atom stereocenters. The third-order valence-electron chi connectivity index (χ3n) is 4.17. The van der Waals surface area contributed by atoms with E-state index in [0.717, 1.165) is 35.4 Å². The number of anilines is 2. The molecule has 1 aliphatic rings. The van der Waals surface area contributed by atoms with Gasteiger partial charge in [-0.05, 0) is 62.2 Å². The van der Waals surface area contributed by atoms with E-state index in [2.05, 4.69) is 10.6 Å². The number of amides is 2. The van der Waals surface area contributed by atoms with Gasteiger partial charge in [0.05, 0.1) is 7.11 Å². The van der Waals surface area contributed by atoms with Crippen LogP contribution in [0.5, 0.6) is 5.75 Å². The number of aryl methyl sites for hydroxylation is 1. The molecule has 0 bridgehead atoms. The Balaban J connectivity index is 1.59. The van der Waals surface area contributed by atoms with Gasteiger partial charge in [-0.2, -0.15) is 0 Å². The van der Waals surface area contributed by atoms with Crippen LogP contribution in [-0.4, -0.2) is 18.9 Å². The molecule has 2 aromatic carbocycles. The highest BCUT2D eigenvalue weighted by atomic mass is 16.5. The average molecular weight is 350 g/mol. The first-order valence-electron chi connectivity index (χ1n) is 8.60. The fourth-order valence-corrected chi connectivity index (χ4v) is 2.56. The number of rotatable bonds is 6. The smallest absolute Gasteiger partial charge is 0.248 e. The predicted octanol–water partition coefficient (Wildman–Crippen LogP) is 4.00. The zero-order valence-corrected chi connectivity index (χ0v) is 14.9. The lowest BCUT2D eigenvalue weighted by Crippen LogP contribution is -2.13. The van der Waals surface area contributed by atoms with E-state index in [0.29, 0.717) is 5.69 Å². The summed E-state index contributed by atoms with van der Waals surface area (Å²) in [7, 11) is 1.60. The van der Waals surface area contributed by atoms with Gasteiger partial charge in [-0.15, -0.1) is 0 Å². The average Bonchev–Trinajstić information content (AvgIpc) is 3.47. The first-order valence-corrected chi connectivity index (χ1v) is 8.60. The molecule has 5 nitrogen and oxygen atoms in total. The Bertz CT molecular complexity index is 837. The van der Waals surface area contributed by atoms with E-state index in [9.17, 15) is 9.59 Å². The Labute approximate surface area is 153 Å². The molecule has 0 saturated heterocycles. The Morgan fingerprint density at radius 2 is 1.69 bits per heavy atom. The molecule has 2 N–H and O–H groups in total. The molecule has 0 aromatic heterocycles. The maximum absolute atomic E-state index is 12.1. The Hall–Kier alpha value is -3.08. The molecule has 0 radical (unpaired) electrons. The van der Waals surface area contributed by atoms with Crippen molar-refractivity contribution in [3.63, 3.8) is 0 Å². The fraction of sp³-hybridized carbons (Fsp3) is 0.238. The van der Waals surface area contributed by atoms with Gasteiger partial charge in [-0.25, -0.2) is 0 Å². The molecule has 1 fully saturated rings. The number of benzene rings is 2. The monoisotopic (exact) mass is 350 g/mol. The summed E-state index contributed by atoms with van der Waals surface area (Å²) in [5.41, 5.74) is 3.34. The molecule has 0 heterocycles. The van der Waals surface area contributed by atoms with Crippen LogP contribution in [0.3, 0.4) is 0 Å². The second-order valence-electron chi connectivity index (χ2n) is 6.41. The quantitative estimate of drug-likeness (QED) is 0.774. The molecule has 2 aromatic rings. The molecular formula is C21H22N2O3. The van der Waals surface area contributed by atoms with E-state index in [4.69, 9.17) is 4.74 Å². The van der Waals surface area contributed by atoms with Crippen LogP contribution >= 0.6 is 0 Å². The summed E-state index contributed by atoms with van der Waals surface area (Å²) < 4.78 is 5.30. The van der Waals surface area contributed by atoms with Gasteiger partial charge >= 0.3 is 0 Å². The van der Waals surface area contributed by atoms with Crippen LogP contribution in [0, 0.1) is 12.8 Å². The maximum Gasteiger partial charge on any atom is 0.248 e. The molecule has 5 heteroatoms. The fourth-order valence-electron chi connectivity index (χ4n) is 2.56. The number of carbonyl (C=O) groups is 2. The number of ether oxygens (including phenoxy) is 1.